The van der Waals surface area contributed by atoms with Crippen molar-refractivity contribution in [3.63, 3.8) is 0 Å². The van der Waals surface area contributed by atoms with Crippen LogP contribution < -0.4 is 5.32 Å². The second-order valence-corrected chi connectivity index (χ2v) is 6.96. The minimum atomic E-state index is -0.0394. The Morgan fingerprint density at radius 1 is 1.43 bits per heavy atom. The number of amides is 2. The fraction of sp³-hybridized carbons (Fsp3) is 0.444. The van der Waals surface area contributed by atoms with E-state index in [0.717, 1.165) is 35.1 Å². The standard InChI is InChI=1S/C18H20N2O3/c1-12-2-3-14-13(9-23-15(14)6-12)7-17(22)20-5-4-18(11-20)8-16(21)19-10-18/h2-3,6,9H,4-5,7-8,10-11H2,1H3,(H,19,21). The molecule has 5 nitrogen and oxygen atoms in total. The molecule has 0 saturated carbocycles. The molecular formula is C18H20N2O3. The molecule has 3 heterocycles. The lowest BCUT2D eigenvalue weighted by Gasteiger charge is -2.21. The summed E-state index contributed by atoms with van der Waals surface area (Å²) >= 11 is 0. The van der Waals surface area contributed by atoms with Gasteiger partial charge in [-0.25, -0.2) is 0 Å². The van der Waals surface area contributed by atoms with Crippen LogP contribution in [0.1, 0.15) is 24.0 Å². The summed E-state index contributed by atoms with van der Waals surface area (Å²) in [4.78, 5) is 26.0. The second kappa shape index (κ2) is 5.11. The third-order valence-corrected chi connectivity index (χ3v) is 5.14. The van der Waals surface area contributed by atoms with Gasteiger partial charge in [0.05, 0.1) is 12.7 Å². The van der Waals surface area contributed by atoms with Crippen molar-refractivity contribution >= 4 is 22.8 Å². The summed E-state index contributed by atoms with van der Waals surface area (Å²) in [6, 6.07) is 6.04. The van der Waals surface area contributed by atoms with Crippen molar-refractivity contribution in [3.8, 4) is 0 Å². The fourth-order valence-corrected chi connectivity index (χ4v) is 3.79. The normalized spacial score (nSPS) is 23.9. The maximum Gasteiger partial charge on any atom is 0.227 e. The van der Waals surface area contributed by atoms with E-state index in [4.69, 9.17) is 4.42 Å². The number of likely N-dealkylation sites (tertiary alicyclic amines) is 1. The summed E-state index contributed by atoms with van der Waals surface area (Å²) < 4.78 is 5.58. The molecule has 0 bridgehead atoms. The van der Waals surface area contributed by atoms with Crippen LogP contribution in [0.15, 0.2) is 28.9 Å². The van der Waals surface area contributed by atoms with Crippen molar-refractivity contribution in [3.05, 3.63) is 35.6 Å². The summed E-state index contributed by atoms with van der Waals surface area (Å²) in [6.07, 6.45) is 3.50. The van der Waals surface area contributed by atoms with E-state index in [0.29, 0.717) is 25.9 Å². The number of nitrogens with one attached hydrogen (secondary N) is 1. The Balaban J connectivity index is 1.48. The van der Waals surface area contributed by atoms with Gasteiger partial charge in [-0.05, 0) is 25.0 Å². The average Bonchev–Trinajstić information content (AvgIpc) is 3.20. The highest BCUT2D eigenvalue weighted by Crippen LogP contribution is 2.37. The molecule has 5 heteroatoms. The highest BCUT2D eigenvalue weighted by molar-refractivity contribution is 5.88. The first-order valence-corrected chi connectivity index (χ1v) is 8.06. The van der Waals surface area contributed by atoms with E-state index in [1.807, 2.05) is 30.0 Å². The minimum absolute atomic E-state index is 0.0394. The first-order valence-electron chi connectivity index (χ1n) is 8.06. The molecule has 2 aliphatic heterocycles. The van der Waals surface area contributed by atoms with Crippen LogP contribution in [0.2, 0.25) is 0 Å². The van der Waals surface area contributed by atoms with Crippen LogP contribution in [0.4, 0.5) is 0 Å². The van der Waals surface area contributed by atoms with Crippen molar-refractivity contribution in [2.45, 2.75) is 26.2 Å². The Morgan fingerprint density at radius 3 is 3.09 bits per heavy atom. The van der Waals surface area contributed by atoms with Crippen LogP contribution in [0.5, 0.6) is 0 Å². The summed E-state index contributed by atoms with van der Waals surface area (Å²) in [5.41, 5.74) is 2.87. The van der Waals surface area contributed by atoms with Gasteiger partial charge in [-0.15, -0.1) is 0 Å². The zero-order valence-corrected chi connectivity index (χ0v) is 13.2. The molecule has 4 rings (SSSR count). The maximum atomic E-state index is 12.6. The monoisotopic (exact) mass is 312 g/mol. The van der Waals surface area contributed by atoms with Crippen LogP contribution >= 0.6 is 0 Å². The van der Waals surface area contributed by atoms with Gasteiger partial charge in [0.1, 0.15) is 5.58 Å². The minimum Gasteiger partial charge on any atom is -0.464 e. The van der Waals surface area contributed by atoms with Gasteiger partial charge in [0.25, 0.3) is 0 Å². The highest BCUT2D eigenvalue weighted by atomic mass is 16.3. The Kier molecular flexibility index (Phi) is 3.18. The first-order chi connectivity index (χ1) is 11.0. The van der Waals surface area contributed by atoms with Crippen LogP contribution in [-0.4, -0.2) is 36.3 Å². The molecule has 120 valence electrons. The summed E-state index contributed by atoms with van der Waals surface area (Å²) in [5, 5.41) is 3.90. The number of carbonyl (C=O) groups is 2. The number of fused-ring (bicyclic) bond motifs is 1. The van der Waals surface area contributed by atoms with Crippen LogP contribution in [0.3, 0.4) is 0 Å². The number of nitrogens with zero attached hydrogens (tertiary/aromatic N) is 1. The number of furan rings is 1. The Hall–Kier alpha value is -2.30. The number of rotatable bonds is 2. The molecule has 1 atom stereocenters. The van der Waals surface area contributed by atoms with Gasteiger partial charge in [-0.1, -0.05) is 12.1 Å². The van der Waals surface area contributed by atoms with Gasteiger partial charge >= 0.3 is 0 Å². The Morgan fingerprint density at radius 2 is 2.30 bits per heavy atom. The number of hydrogen-bond donors (Lipinski definition) is 1. The van der Waals surface area contributed by atoms with E-state index in [2.05, 4.69) is 5.32 Å². The molecule has 2 aliphatic rings. The predicted molar refractivity (Wildman–Crippen MR) is 85.9 cm³/mol. The zero-order valence-electron chi connectivity index (χ0n) is 13.2. The summed E-state index contributed by atoms with van der Waals surface area (Å²) in [5.74, 6) is 0.222. The highest BCUT2D eigenvalue weighted by Gasteiger charge is 2.45. The van der Waals surface area contributed by atoms with Crippen molar-refractivity contribution < 1.29 is 14.0 Å². The molecule has 0 radical (unpaired) electrons. The van der Waals surface area contributed by atoms with Gasteiger partial charge < -0.3 is 14.6 Å². The lowest BCUT2D eigenvalue weighted by atomic mass is 9.86. The molecule has 2 fully saturated rings. The fourth-order valence-electron chi connectivity index (χ4n) is 3.79. The number of hydrogen-bond acceptors (Lipinski definition) is 3. The number of benzene rings is 1. The maximum absolute atomic E-state index is 12.6. The molecule has 2 saturated heterocycles. The smallest absolute Gasteiger partial charge is 0.227 e. The largest absolute Gasteiger partial charge is 0.464 e. The van der Waals surface area contributed by atoms with Crippen molar-refractivity contribution in [1.29, 1.82) is 0 Å². The zero-order chi connectivity index (χ0) is 16.0. The second-order valence-electron chi connectivity index (χ2n) is 6.96. The lowest BCUT2D eigenvalue weighted by Crippen LogP contribution is -2.34. The SMILES string of the molecule is Cc1ccc2c(CC(=O)N3CCC4(CNC(=O)C4)C3)coc2c1. The first kappa shape index (κ1) is 14.3. The Labute approximate surface area is 134 Å². The van der Waals surface area contributed by atoms with E-state index in [1.165, 1.54) is 0 Å². The van der Waals surface area contributed by atoms with Crippen molar-refractivity contribution in [2.24, 2.45) is 5.41 Å². The van der Waals surface area contributed by atoms with Gasteiger partial charge in [-0.3, -0.25) is 9.59 Å². The number of carbonyl (C=O) groups excluding carboxylic acids is 2. The molecule has 1 spiro atoms. The number of aryl methyl sites for hydroxylation is 1. The summed E-state index contributed by atoms with van der Waals surface area (Å²) in [7, 11) is 0. The van der Waals surface area contributed by atoms with E-state index >= 15 is 0 Å². The predicted octanol–water partition coefficient (Wildman–Crippen LogP) is 2.02. The molecule has 0 aliphatic carbocycles. The van der Waals surface area contributed by atoms with Crippen LogP contribution in [0, 0.1) is 12.3 Å². The third kappa shape index (κ3) is 2.50. The van der Waals surface area contributed by atoms with Gasteiger partial charge in [-0.2, -0.15) is 0 Å². The van der Waals surface area contributed by atoms with Gasteiger partial charge in [0, 0.05) is 42.4 Å². The van der Waals surface area contributed by atoms with Crippen molar-refractivity contribution in [2.75, 3.05) is 19.6 Å². The molecule has 2 aromatic rings. The third-order valence-electron chi connectivity index (χ3n) is 5.14. The van der Waals surface area contributed by atoms with E-state index < -0.39 is 0 Å². The molecule has 2 amide bonds. The lowest BCUT2D eigenvalue weighted by molar-refractivity contribution is -0.130. The van der Waals surface area contributed by atoms with E-state index in [1.54, 1.807) is 6.26 Å². The van der Waals surface area contributed by atoms with E-state index in [9.17, 15) is 9.59 Å². The van der Waals surface area contributed by atoms with Crippen LogP contribution in [-0.2, 0) is 16.0 Å². The molecule has 1 aromatic carbocycles. The molecule has 1 N–H and O–H groups in total. The molecule has 23 heavy (non-hydrogen) atoms. The average molecular weight is 312 g/mol. The van der Waals surface area contributed by atoms with Crippen molar-refractivity contribution in [1.82, 2.24) is 10.2 Å². The Bertz CT molecular complexity index is 795. The quantitative estimate of drug-likeness (QED) is 0.923. The van der Waals surface area contributed by atoms with Gasteiger partial charge in [0.15, 0.2) is 0 Å². The topological polar surface area (TPSA) is 62.6 Å². The van der Waals surface area contributed by atoms with Gasteiger partial charge in [0.2, 0.25) is 11.8 Å². The summed E-state index contributed by atoms with van der Waals surface area (Å²) in [6.45, 7) is 4.14. The van der Waals surface area contributed by atoms with Crippen LogP contribution in [0.25, 0.3) is 11.0 Å². The molecule has 1 unspecified atom stereocenters. The molecule has 1 aromatic heterocycles. The molecular weight excluding hydrogens is 292 g/mol. The van der Waals surface area contributed by atoms with E-state index in [-0.39, 0.29) is 17.2 Å².